The summed E-state index contributed by atoms with van der Waals surface area (Å²) in [4.78, 5) is 30.7. The molecule has 0 saturated heterocycles. The third kappa shape index (κ3) is 8.01. The molecule has 0 unspecified atom stereocenters. The Balaban J connectivity index is 2.05. The molecule has 0 bridgehead atoms. The average Bonchev–Trinajstić information content (AvgIpc) is 3.22. The molecule has 4 nitrogen and oxygen atoms in total. The quantitative estimate of drug-likeness (QED) is 0.431. The van der Waals surface area contributed by atoms with Crippen LogP contribution in [-0.2, 0) is 22.7 Å². The lowest BCUT2D eigenvalue weighted by Crippen LogP contribution is -2.45. The number of unbranched alkanes of at least 4 members (excludes halogenated alkanes) is 3. The van der Waals surface area contributed by atoms with E-state index in [4.69, 9.17) is 0 Å². The molecule has 2 rings (SSSR count). The molecule has 0 N–H and O–H groups in total. The van der Waals surface area contributed by atoms with Gasteiger partial charge in [0.2, 0.25) is 11.8 Å². The van der Waals surface area contributed by atoms with Gasteiger partial charge < -0.3 is 9.80 Å². The van der Waals surface area contributed by atoms with Crippen LogP contribution in [0.1, 0.15) is 63.3 Å². The summed E-state index contributed by atoms with van der Waals surface area (Å²) in [6, 6.07) is 14.1. The zero-order valence-electron chi connectivity index (χ0n) is 18.0. The van der Waals surface area contributed by atoms with E-state index in [9.17, 15) is 9.59 Å². The summed E-state index contributed by atoms with van der Waals surface area (Å²) in [5.74, 6) is 0.0816. The number of nitrogens with zero attached hydrogens (tertiary/aromatic N) is 2. The molecule has 0 saturated carbocycles. The highest BCUT2D eigenvalue weighted by Crippen LogP contribution is 2.16. The molecule has 2 aromatic rings. The summed E-state index contributed by atoms with van der Waals surface area (Å²) >= 11 is 1.65. The Morgan fingerprint density at radius 1 is 0.931 bits per heavy atom. The molecule has 0 aliphatic heterocycles. The number of hydrogen-bond acceptors (Lipinski definition) is 3. The van der Waals surface area contributed by atoms with Crippen molar-refractivity contribution in [1.29, 1.82) is 0 Å². The third-order valence-corrected chi connectivity index (χ3v) is 5.85. The third-order valence-electron chi connectivity index (χ3n) is 4.99. The van der Waals surface area contributed by atoms with E-state index < -0.39 is 0 Å². The van der Waals surface area contributed by atoms with Crippen LogP contribution in [0.5, 0.6) is 0 Å². The first-order valence-corrected chi connectivity index (χ1v) is 11.5. The molecule has 0 fully saturated rings. The maximum absolute atomic E-state index is 13.2. The van der Waals surface area contributed by atoms with Gasteiger partial charge in [-0.1, -0.05) is 62.6 Å². The number of thiophene rings is 1. The molecule has 0 spiro atoms. The van der Waals surface area contributed by atoms with Crippen molar-refractivity contribution < 1.29 is 9.59 Å². The van der Waals surface area contributed by atoms with E-state index in [0.29, 0.717) is 19.5 Å². The maximum atomic E-state index is 13.2. The lowest BCUT2D eigenvalue weighted by molar-refractivity contribution is -0.142. The molecule has 2 amide bonds. The van der Waals surface area contributed by atoms with E-state index in [1.54, 1.807) is 16.2 Å². The van der Waals surface area contributed by atoms with Crippen LogP contribution in [-0.4, -0.2) is 34.2 Å². The van der Waals surface area contributed by atoms with E-state index in [-0.39, 0.29) is 24.4 Å². The fourth-order valence-electron chi connectivity index (χ4n) is 3.28. The van der Waals surface area contributed by atoms with Crippen LogP contribution in [0.25, 0.3) is 0 Å². The summed E-state index contributed by atoms with van der Waals surface area (Å²) in [7, 11) is 0. The number of amides is 2. The van der Waals surface area contributed by atoms with Crippen LogP contribution in [0.4, 0.5) is 0 Å². The molecule has 0 aliphatic rings. The first kappa shape index (κ1) is 23.1. The number of rotatable bonds is 12. The van der Waals surface area contributed by atoms with E-state index in [1.165, 1.54) is 0 Å². The Labute approximate surface area is 179 Å². The van der Waals surface area contributed by atoms with Gasteiger partial charge in [0.1, 0.15) is 0 Å². The fourth-order valence-corrected chi connectivity index (χ4v) is 4.00. The van der Waals surface area contributed by atoms with Crippen molar-refractivity contribution in [3.8, 4) is 0 Å². The van der Waals surface area contributed by atoms with Crippen LogP contribution < -0.4 is 0 Å². The average molecular weight is 415 g/mol. The largest absolute Gasteiger partial charge is 0.332 e. The Morgan fingerprint density at radius 3 is 2.31 bits per heavy atom. The van der Waals surface area contributed by atoms with Gasteiger partial charge in [0, 0.05) is 23.9 Å². The molecule has 1 heterocycles. The van der Waals surface area contributed by atoms with Gasteiger partial charge >= 0.3 is 0 Å². The molecule has 0 atom stereocenters. The smallest absolute Gasteiger partial charge is 0.242 e. The second-order valence-corrected chi connectivity index (χ2v) is 8.77. The van der Waals surface area contributed by atoms with Crippen molar-refractivity contribution in [2.75, 3.05) is 6.54 Å². The molecule has 1 aromatic heterocycles. The lowest BCUT2D eigenvalue weighted by atomic mass is 10.1. The Morgan fingerprint density at radius 2 is 1.69 bits per heavy atom. The van der Waals surface area contributed by atoms with Gasteiger partial charge in [-0.05, 0) is 37.3 Å². The van der Waals surface area contributed by atoms with Crippen LogP contribution >= 0.6 is 11.3 Å². The lowest BCUT2D eigenvalue weighted by Gasteiger charge is -2.30. The van der Waals surface area contributed by atoms with Crippen LogP contribution in [0.2, 0.25) is 0 Å². The zero-order chi connectivity index (χ0) is 21.1. The Kier molecular flexibility index (Phi) is 9.92. The van der Waals surface area contributed by atoms with Crippen molar-refractivity contribution in [3.05, 3.63) is 58.3 Å². The van der Waals surface area contributed by atoms with Crippen molar-refractivity contribution >= 4 is 23.2 Å². The summed E-state index contributed by atoms with van der Waals surface area (Å²) in [5, 5.41) is 2.03. The van der Waals surface area contributed by atoms with E-state index in [2.05, 4.69) is 13.0 Å². The normalized spacial score (nSPS) is 10.9. The molecule has 1 aromatic carbocycles. The summed E-state index contributed by atoms with van der Waals surface area (Å²) in [5.41, 5.74) is 1.10. The number of benzene rings is 1. The fraction of sp³-hybridized carbons (Fsp3) is 0.500. The molecule has 0 radical (unpaired) electrons. The molecule has 0 aliphatic carbocycles. The highest BCUT2D eigenvalue weighted by Gasteiger charge is 2.23. The van der Waals surface area contributed by atoms with Crippen LogP contribution in [0, 0.1) is 0 Å². The van der Waals surface area contributed by atoms with Gasteiger partial charge in [0.25, 0.3) is 0 Å². The predicted molar refractivity (Wildman–Crippen MR) is 121 cm³/mol. The number of carbonyl (C=O) groups is 2. The summed E-state index contributed by atoms with van der Waals surface area (Å²) in [6.45, 7) is 7.39. The Hall–Kier alpha value is -2.14. The Bertz CT molecular complexity index is 729. The van der Waals surface area contributed by atoms with Gasteiger partial charge in [-0.25, -0.2) is 0 Å². The predicted octanol–water partition coefficient (Wildman–Crippen LogP) is 5.48. The molecular formula is C24H34N2O2S. The van der Waals surface area contributed by atoms with Crippen molar-refractivity contribution in [1.82, 2.24) is 9.80 Å². The van der Waals surface area contributed by atoms with Gasteiger partial charge in [0.05, 0.1) is 13.1 Å². The van der Waals surface area contributed by atoms with Crippen molar-refractivity contribution in [2.24, 2.45) is 0 Å². The van der Waals surface area contributed by atoms with Crippen molar-refractivity contribution in [3.63, 3.8) is 0 Å². The van der Waals surface area contributed by atoms with Crippen LogP contribution in [0.3, 0.4) is 0 Å². The highest BCUT2D eigenvalue weighted by molar-refractivity contribution is 7.09. The van der Waals surface area contributed by atoms with Crippen LogP contribution in [0.15, 0.2) is 47.8 Å². The second-order valence-electron chi connectivity index (χ2n) is 7.74. The van der Waals surface area contributed by atoms with E-state index in [1.807, 2.05) is 60.5 Å². The molecule has 5 heteroatoms. The van der Waals surface area contributed by atoms with Gasteiger partial charge in [-0.15, -0.1) is 11.3 Å². The summed E-state index contributed by atoms with van der Waals surface area (Å²) < 4.78 is 0. The standard InChI is InChI=1S/C24H34N2O2S/c1-4-5-6-10-15-23(27)26(20(2)3)19-24(28)25(18-22-14-11-16-29-22)17-21-12-8-7-9-13-21/h7-9,11-14,16,20H,4-6,10,15,17-19H2,1-3H3. The first-order valence-electron chi connectivity index (χ1n) is 10.6. The number of carbonyl (C=O) groups excluding carboxylic acids is 2. The zero-order valence-corrected chi connectivity index (χ0v) is 18.8. The SMILES string of the molecule is CCCCCCC(=O)N(CC(=O)N(Cc1ccccc1)Cc1cccs1)C(C)C. The van der Waals surface area contributed by atoms with Gasteiger partial charge in [-0.3, -0.25) is 9.59 Å². The van der Waals surface area contributed by atoms with Gasteiger partial charge in [-0.2, -0.15) is 0 Å². The minimum atomic E-state index is -0.00198. The highest BCUT2D eigenvalue weighted by atomic mass is 32.1. The van der Waals surface area contributed by atoms with Gasteiger partial charge in [0.15, 0.2) is 0 Å². The first-order chi connectivity index (χ1) is 14.0. The second kappa shape index (κ2) is 12.4. The minimum Gasteiger partial charge on any atom is -0.332 e. The topological polar surface area (TPSA) is 40.6 Å². The van der Waals surface area contributed by atoms with E-state index >= 15 is 0 Å². The molecular weight excluding hydrogens is 380 g/mol. The maximum Gasteiger partial charge on any atom is 0.242 e. The van der Waals surface area contributed by atoms with Crippen molar-refractivity contribution in [2.45, 2.75) is 72.0 Å². The minimum absolute atomic E-state index is 0.00198. The van der Waals surface area contributed by atoms with E-state index in [0.717, 1.165) is 36.1 Å². The molecule has 158 valence electrons. The monoisotopic (exact) mass is 414 g/mol. The number of hydrogen-bond donors (Lipinski definition) is 0. The summed E-state index contributed by atoms with van der Waals surface area (Å²) in [6.07, 6.45) is 4.79. The molecule has 29 heavy (non-hydrogen) atoms.